The van der Waals surface area contributed by atoms with E-state index in [1.54, 1.807) is 6.92 Å². The predicted octanol–water partition coefficient (Wildman–Crippen LogP) is 2.96. The summed E-state index contributed by atoms with van der Waals surface area (Å²) in [7, 11) is 0. The van der Waals surface area contributed by atoms with Crippen LogP contribution in [0.4, 0.5) is 14.5 Å². The van der Waals surface area contributed by atoms with Gasteiger partial charge >= 0.3 is 12.3 Å². The molecular formula is C11H11F2NO4. The number of nitro groups is 1. The number of alkyl halides is 2. The zero-order valence-electron chi connectivity index (χ0n) is 9.78. The van der Waals surface area contributed by atoms with Gasteiger partial charge in [0.05, 0.1) is 10.5 Å². The first-order chi connectivity index (χ1) is 8.38. The molecule has 0 spiro atoms. The first kappa shape index (κ1) is 14.0. The summed E-state index contributed by atoms with van der Waals surface area (Å²) in [5.74, 6) is -1.12. The second-order valence-corrected chi connectivity index (χ2v) is 3.50. The minimum absolute atomic E-state index is 0.243. The molecule has 1 rings (SSSR count). The van der Waals surface area contributed by atoms with Gasteiger partial charge in [0.2, 0.25) is 5.75 Å². The fraction of sp³-hybridized carbons (Fsp3) is 0.364. The van der Waals surface area contributed by atoms with Gasteiger partial charge < -0.3 is 4.74 Å². The molecule has 0 bridgehead atoms. The summed E-state index contributed by atoms with van der Waals surface area (Å²) >= 11 is 0. The van der Waals surface area contributed by atoms with E-state index in [1.807, 2.05) is 0 Å². The van der Waals surface area contributed by atoms with E-state index < -0.39 is 28.8 Å². The van der Waals surface area contributed by atoms with Gasteiger partial charge in [-0.05, 0) is 19.4 Å². The van der Waals surface area contributed by atoms with E-state index in [0.29, 0.717) is 0 Å². The number of halogens is 2. The first-order valence-electron chi connectivity index (χ1n) is 5.14. The average molecular weight is 259 g/mol. The van der Waals surface area contributed by atoms with E-state index in [2.05, 4.69) is 4.74 Å². The largest absolute Gasteiger partial charge is 0.427 e. The molecule has 0 radical (unpaired) electrons. The summed E-state index contributed by atoms with van der Waals surface area (Å²) in [5.41, 5.74) is -0.693. The SMILES string of the molecule is CCc1ccc(C(C)=O)c([N+](=O)[O-])c1OC(F)F. The Balaban J connectivity index is 3.53. The summed E-state index contributed by atoms with van der Waals surface area (Å²) in [6.07, 6.45) is 0.279. The Hall–Kier alpha value is -2.05. The topological polar surface area (TPSA) is 69.4 Å². The molecule has 0 amide bonds. The quantitative estimate of drug-likeness (QED) is 0.463. The highest BCUT2D eigenvalue weighted by Crippen LogP contribution is 2.36. The summed E-state index contributed by atoms with van der Waals surface area (Å²) < 4.78 is 28.8. The zero-order chi connectivity index (χ0) is 13.9. The lowest BCUT2D eigenvalue weighted by molar-refractivity contribution is -0.386. The van der Waals surface area contributed by atoms with Crippen LogP contribution < -0.4 is 4.74 Å². The molecule has 0 atom stereocenters. The maximum absolute atomic E-state index is 12.3. The van der Waals surface area contributed by atoms with Crippen molar-refractivity contribution in [3.05, 3.63) is 33.4 Å². The highest BCUT2D eigenvalue weighted by molar-refractivity contribution is 5.99. The second kappa shape index (κ2) is 5.52. The van der Waals surface area contributed by atoms with E-state index in [9.17, 15) is 23.7 Å². The third-order valence-electron chi connectivity index (χ3n) is 2.36. The number of hydrogen-bond donors (Lipinski definition) is 0. The Bertz CT molecular complexity index is 488. The molecule has 0 fully saturated rings. The summed E-state index contributed by atoms with van der Waals surface area (Å²) in [6, 6.07) is 2.62. The molecule has 98 valence electrons. The van der Waals surface area contributed by atoms with Gasteiger partial charge in [0, 0.05) is 5.56 Å². The molecular weight excluding hydrogens is 248 g/mol. The Morgan fingerprint density at radius 1 is 1.50 bits per heavy atom. The van der Waals surface area contributed by atoms with Gasteiger partial charge in [0.15, 0.2) is 5.78 Å². The van der Waals surface area contributed by atoms with Crippen LogP contribution in [0.1, 0.15) is 29.8 Å². The highest BCUT2D eigenvalue weighted by Gasteiger charge is 2.28. The molecule has 18 heavy (non-hydrogen) atoms. The number of hydrogen-bond acceptors (Lipinski definition) is 4. The van der Waals surface area contributed by atoms with Crippen LogP contribution in [0.3, 0.4) is 0 Å². The Morgan fingerprint density at radius 2 is 2.11 bits per heavy atom. The zero-order valence-corrected chi connectivity index (χ0v) is 9.78. The number of carbonyl (C=O) groups is 1. The van der Waals surface area contributed by atoms with Crippen molar-refractivity contribution in [3.63, 3.8) is 0 Å². The number of carbonyl (C=O) groups excluding carboxylic acids is 1. The molecule has 1 aromatic rings. The van der Waals surface area contributed by atoms with E-state index in [4.69, 9.17) is 0 Å². The second-order valence-electron chi connectivity index (χ2n) is 3.50. The standard InChI is InChI=1S/C11H11F2NO4/c1-3-7-4-5-8(6(2)15)9(14(16)17)10(7)18-11(12)13/h4-5,11H,3H2,1-2H3. The summed E-state index contributed by atoms with van der Waals surface area (Å²) in [4.78, 5) is 21.3. The number of nitrogens with zero attached hydrogens (tertiary/aromatic N) is 1. The molecule has 0 aliphatic carbocycles. The number of ketones is 1. The van der Waals surface area contributed by atoms with Gasteiger partial charge in [-0.25, -0.2) is 0 Å². The normalized spacial score (nSPS) is 10.5. The maximum Gasteiger partial charge on any atom is 0.387 e. The molecule has 0 N–H and O–H groups in total. The third kappa shape index (κ3) is 2.79. The van der Waals surface area contributed by atoms with Crippen molar-refractivity contribution in [2.75, 3.05) is 0 Å². The average Bonchev–Trinajstić information content (AvgIpc) is 2.26. The van der Waals surface area contributed by atoms with Gasteiger partial charge in [-0.3, -0.25) is 14.9 Å². The molecule has 1 aromatic carbocycles. The number of Topliss-reactive ketones (excluding diaryl/α,β-unsaturated/α-hetero) is 1. The van der Waals surface area contributed by atoms with Crippen molar-refractivity contribution < 1.29 is 23.2 Å². The first-order valence-corrected chi connectivity index (χ1v) is 5.14. The molecule has 5 nitrogen and oxygen atoms in total. The minimum Gasteiger partial charge on any atom is -0.427 e. The maximum atomic E-state index is 12.3. The van der Waals surface area contributed by atoms with Crippen LogP contribution in [0.5, 0.6) is 5.75 Å². The van der Waals surface area contributed by atoms with Crippen LogP contribution in [0.2, 0.25) is 0 Å². The monoisotopic (exact) mass is 259 g/mol. The van der Waals surface area contributed by atoms with E-state index in [0.717, 1.165) is 6.92 Å². The Labute approximate surface area is 102 Å². The highest BCUT2D eigenvalue weighted by atomic mass is 19.3. The molecule has 0 unspecified atom stereocenters. The van der Waals surface area contributed by atoms with Gasteiger partial charge in [0.1, 0.15) is 0 Å². The van der Waals surface area contributed by atoms with Crippen LogP contribution in [-0.4, -0.2) is 17.3 Å². The summed E-state index contributed by atoms with van der Waals surface area (Å²) in [6.45, 7) is -0.415. The lowest BCUT2D eigenvalue weighted by Crippen LogP contribution is -2.10. The Morgan fingerprint density at radius 3 is 2.50 bits per heavy atom. The smallest absolute Gasteiger partial charge is 0.387 e. The third-order valence-corrected chi connectivity index (χ3v) is 2.36. The van der Waals surface area contributed by atoms with Crippen LogP contribution in [0.25, 0.3) is 0 Å². The van der Waals surface area contributed by atoms with Crippen LogP contribution in [0, 0.1) is 10.1 Å². The number of ether oxygens (including phenoxy) is 1. The molecule has 0 aliphatic rings. The van der Waals surface area contributed by atoms with Crippen molar-refractivity contribution in [1.29, 1.82) is 0 Å². The van der Waals surface area contributed by atoms with Crippen LogP contribution in [-0.2, 0) is 6.42 Å². The molecule has 0 aromatic heterocycles. The van der Waals surface area contributed by atoms with E-state index >= 15 is 0 Å². The fourth-order valence-corrected chi connectivity index (χ4v) is 1.58. The lowest BCUT2D eigenvalue weighted by atomic mass is 10.0. The van der Waals surface area contributed by atoms with Crippen molar-refractivity contribution in [3.8, 4) is 5.75 Å². The minimum atomic E-state index is -3.18. The molecule has 0 saturated carbocycles. The van der Waals surface area contributed by atoms with Crippen molar-refractivity contribution in [2.45, 2.75) is 26.9 Å². The molecule has 0 saturated heterocycles. The van der Waals surface area contributed by atoms with Gasteiger partial charge in [-0.1, -0.05) is 13.0 Å². The van der Waals surface area contributed by atoms with Crippen molar-refractivity contribution >= 4 is 11.5 Å². The lowest BCUT2D eigenvalue weighted by Gasteiger charge is -2.11. The van der Waals surface area contributed by atoms with Crippen LogP contribution >= 0.6 is 0 Å². The van der Waals surface area contributed by atoms with Crippen molar-refractivity contribution in [1.82, 2.24) is 0 Å². The molecule has 7 heteroatoms. The van der Waals surface area contributed by atoms with Gasteiger partial charge in [-0.15, -0.1) is 0 Å². The molecule has 0 heterocycles. The van der Waals surface area contributed by atoms with E-state index in [-0.39, 0.29) is 17.5 Å². The predicted molar refractivity (Wildman–Crippen MR) is 59.1 cm³/mol. The van der Waals surface area contributed by atoms with E-state index in [1.165, 1.54) is 12.1 Å². The van der Waals surface area contributed by atoms with Crippen LogP contribution in [0.15, 0.2) is 12.1 Å². The number of aryl methyl sites for hydroxylation is 1. The number of rotatable bonds is 5. The number of nitro benzene ring substituents is 1. The Kier molecular flexibility index (Phi) is 4.30. The number of benzene rings is 1. The van der Waals surface area contributed by atoms with Crippen molar-refractivity contribution in [2.24, 2.45) is 0 Å². The fourth-order valence-electron chi connectivity index (χ4n) is 1.58. The van der Waals surface area contributed by atoms with Gasteiger partial charge in [-0.2, -0.15) is 8.78 Å². The summed E-state index contributed by atoms with van der Waals surface area (Å²) in [5, 5.41) is 10.9. The molecule has 0 aliphatic heterocycles. The van der Waals surface area contributed by atoms with Gasteiger partial charge in [0.25, 0.3) is 0 Å².